The Kier molecular flexibility index (Phi) is 7.93. The van der Waals surface area contributed by atoms with Crippen LogP contribution in [0.4, 0.5) is 5.69 Å². The average Bonchev–Trinajstić information content (AvgIpc) is 3.22. The van der Waals surface area contributed by atoms with E-state index in [-0.39, 0.29) is 18.0 Å². The van der Waals surface area contributed by atoms with Crippen LogP contribution in [0.5, 0.6) is 0 Å². The molecule has 2 fully saturated rings. The van der Waals surface area contributed by atoms with Gasteiger partial charge in [0, 0.05) is 71.4 Å². The molecule has 2 aromatic rings. The van der Waals surface area contributed by atoms with Crippen molar-refractivity contribution in [1.82, 2.24) is 24.6 Å². The van der Waals surface area contributed by atoms with Gasteiger partial charge in [0.25, 0.3) is 0 Å². The maximum absolute atomic E-state index is 12.0. The number of hydrogen-bond donors (Lipinski definition) is 0. The smallest absolute Gasteiger partial charge is 0.220 e. The highest BCUT2D eigenvalue weighted by molar-refractivity contribution is 5.74. The first-order valence-electron chi connectivity index (χ1n) is 14.2. The van der Waals surface area contributed by atoms with Gasteiger partial charge in [-0.05, 0) is 49.4 Å². The summed E-state index contributed by atoms with van der Waals surface area (Å²) in [7, 11) is 0. The number of nitrogens with zero attached hydrogens (tertiary/aromatic N) is 6. The minimum absolute atomic E-state index is 0.157. The van der Waals surface area contributed by atoms with Gasteiger partial charge >= 0.3 is 0 Å². The largest absolute Gasteiger partial charge is 0.366 e. The molecule has 1 aromatic heterocycles. The number of amides is 1. The van der Waals surface area contributed by atoms with Gasteiger partial charge in [0.05, 0.1) is 29.9 Å². The van der Waals surface area contributed by atoms with E-state index in [1.807, 2.05) is 11.1 Å². The van der Waals surface area contributed by atoms with Crippen LogP contribution >= 0.6 is 0 Å². The van der Waals surface area contributed by atoms with E-state index >= 15 is 0 Å². The summed E-state index contributed by atoms with van der Waals surface area (Å²) in [6, 6.07) is 13.6. The Morgan fingerprint density at radius 3 is 2.39 bits per heavy atom. The summed E-state index contributed by atoms with van der Waals surface area (Å²) in [5, 5.41) is 0. The zero-order valence-electron chi connectivity index (χ0n) is 23.6. The van der Waals surface area contributed by atoms with E-state index in [4.69, 9.17) is 4.98 Å². The van der Waals surface area contributed by atoms with Gasteiger partial charge in [-0.15, -0.1) is 0 Å². The number of carbonyl (C=O) groups excluding carboxylic acids is 1. The second-order valence-corrected chi connectivity index (χ2v) is 11.7. The first kappa shape index (κ1) is 26.5. The van der Waals surface area contributed by atoms with Gasteiger partial charge in [-0.1, -0.05) is 37.8 Å². The highest BCUT2D eigenvalue weighted by Crippen LogP contribution is 2.25. The van der Waals surface area contributed by atoms with Crippen LogP contribution in [0.25, 0.3) is 0 Å². The molecule has 5 rings (SSSR count). The normalized spacial score (nSPS) is 23.1. The minimum Gasteiger partial charge on any atom is -0.366 e. The Hall–Kier alpha value is -3.06. The van der Waals surface area contributed by atoms with Gasteiger partial charge in [0.1, 0.15) is 0 Å². The van der Waals surface area contributed by atoms with Crippen molar-refractivity contribution in [3.05, 3.63) is 71.8 Å². The van der Waals surface area contributed by atoms with Gasteiger partial charge in [0.2, 0.25) is 5.91 Å². The van der Waals surface area contributed by atoms with E-state index < -0.39 is 0 Å². The molecule has 3 aliphatic heterocycles. The third-order valence-corrected chi connectivity index (χ3v) is 8.49. The third kappa shape index (κ3) is 5.83. The molecule has 0 radical (unpaired) electrons. The van der Waals surface area contributed by atoms with Crippen LogP contribution in [0.1, 0.15) is 44.5 Å². The molecule has 4 heterocycles. The molecule has 0 N–H and O–H groups in total. The number of aromatic nitrogens is 1. The Morgan fingerprint density at radius 2 is 1.71 bits per heavy atom. The minimum atomic E-state index is 0.157. The molecule has 0 spiro atoms. The summed E-state index contributed by atoms with van der Waals surface area (Å²) < 4.78 is 0. The van der Waals surface area contributed by atoms with Crippen LogP contribution in [0.2, 0.25) is 0 Å². The van der Waals surface area contributed by atoms with Crippen LogP contribution in [0.15, 0.2) is 55.0 Å². The topological polar surface area (TPSA) is 46.2 Å². The zero-order valence-corrected chi connectivity index (χ0v) is 23.6. The number of anilines is 1. The molecular formula is C31H44N6O. The van der Waals surface area contributed by atoms with Crippen molar-refractivity contribution in [3.8, 4) is 0 Å². The SMILES string of the molecule is C=C1N(Cc2ccc(N3C[C@@H](C)N(C(C)=O)[C@@H](C)C3)cn2)CCN1C[C@H](C)CN1CCc2ccccc2C1. The first-order chi connectivity index (χ1) is 18.3. The first-order valence-corrected chi connectivity index (χ1v) is 14.2. The molecule has 0 saturated carbocycles. The van der Waals surface area contributed by atoms with E-state index in [9.17, 15) is 4.79 Å². The summed E-state index contributed by atoms with van der Waals surface area (Å²) in [5.41, 5.74) is 5.21. The van der Waals surface area contributed by atoms with Crippen LogP contribution < -0.4 is 4.90 Å². The zero-order chi connectivity index (χ0) is 26.8. The van der Waals surface area contributed by atoms with Crippen molar-refractivity contribution in [2.24, 2.45) is 5.92 Å². The van der Waals surface area contributed by atoms with Crippen molar-refractivity contribution >= 4 is 11.6 Å². The van der Waals surface area contributed by atoms with E-state index in [0.717, 1.165) is 82.5 Å². The molecule has 0 aliphatic carbocycles. The molecule has 1 amide bonds. The van der Waals surface area contributed by atoms with Crippen molar-refractivity contribution in [2.75, 3.05) is 50.7 Å². The summed E-state index contributed by atoms with van der Waals surface area (Å²) in [5.74, 6) is 1.86. The summed E-state index contributed by atoms with van der Waals surface area (Å²) >= 11 is 0. The lowest BCUT2D eigenvalue weighted by Gasteiger charge is -2.45. The molecule has 3 aliphatic rings. The molecule has 7 heteroatoms. The van der Waals surface area contributed by atoms with Gasteiger partial charge in [-0.2, -0.15) is 0 Å². The van der Waals surface area contributed by atoms with Crippen molar-refractivity contribution in [3.63, 3.8) is 0 Å². The molecule has 0 bridgehead atoms. The van der Waals surface area contributed by atoms with Crippen LogP contribution in [0, 0.1) is 5.92 Å². The summed E-state index contributed by atoms with van der Waals surface area (Å²) in [4.78, 5) is 28.6. The molecule has 204 valence electrons. The second kappa shape index (κ2) is 11.4. The van der Waals surface area contributed by atoms with Crippen LogP contribution in [0.3, 0.4) is 0 Å². The third-order valence-electron chi connectivity index (χ3n) is 8.49. The lowest BCUT2D eigenvalue weighted by atomic mass is 9.99. The lowest BCUT2D eigenvalue weighted by molar-refractivity contribution is -0.133. The molecule has 7 nitrogen and oxygen atoms in total. The number of pyridine rings is 1. The standard InChI is InChI=1S/C31H44N6O/c1-23(17-33-13-12-28-8-6-7-9-29(28)21-33)18-34-14-15-35(26(34)4)22-30-10-11-31(16-32-30)36-19-24(2)37(27(5)38)25(3)20-36/h6-11,16,23-25H,4,12-15,17-22H2,1-3,5H3/t23-,24-,25+/m1/s1. The number of benzene rings is 1. The van der Waals surface area contributed by atoms with Crippen molar-refractivity contribution in [1.29, 1.82) is 0 Å². The Morgan fingerprint density at radius 1 is 1.00 bits per heavy atom. The maximum atomic E-state index is 12.0. The maximum Gasteiger partial charge on any atom is 0.220 e. The number of carbonyl (C=O) groups is 1. The summed E-state index contributed by atoms with van der Waals surface area (Å²) in [6.07, 6.45) is 3.15. The van der Waals surface area contributed by atoms with Crippen LogP contribution in [-0.2, 0) is 24.3 Å². The fourth-order valence-electron chi connectivity index (χ4n) is 6.70. The Bertz CT molecular complexity index is 1120. The fourth-order valence-corrected chi connectivity index (χ4v) is 6.70. The van der Waals surface area contributed by atoms with Crippen molar-refractivity contribution < 1.29 is 4.79 Å². The molecule has 2 saturated heterocycles. The molecule has 1 aromatic carbocycles. The molecular weight excluding hydrogens is 472 g/mol. The second-order valence-electron chi connectivity index (χ2n) is 11.7. The Labute approximate surface area is 228 Å². The number of rotatable bonds is 7. The predicted molar refractivity (Wildman–Crippen MR) is 154 cm³/mol. The van der Waals surface area contributed by atoms with Gasteiger partial charge in [-0.3, -0.25) is 14.7 Å². The highest BCUT2D eigenvalue weighted by Gasteiger charge is 2.31. The number of fused-ring (bicyclic) bond motifs is 1. The molecule has 3 atom stereocenters. The lowest BCUT2D eigenvalue weighted by Crippen LogP contribution is -2.58. The fraction of sp³-hybridized carbons (Fsp3) is 0.548. The highest BCUT2D eigenvalue weighted by atomic mass is 16.2. The van der Waals surface area contributed by atoms with E-state index in [2.05, 4.69) is 83.3 Å². The van der Waals surface area contributed by atoms with Gasteiger partial charge in [0.15, 0.2) is 0 Å². The van der Waals surface area contributed by atoms with E-state index in [0.29, 0.717) is 5.92 Å². The summed E-state index contributed by atoms with van der Waals surface area (Å²) in [6.45, 7) is 21.6. The van der Waals surface area contributed by atoms with E-state index in [1.54, 1.807) is 6.92 Å². The number of hydrogen-bond acceptors (Lipinski definition) is 6. The average molecular weight is 517 g/mol. The van der Waals surface area contributed by atoms with Crippen LogP contribution in [-0.4, -0.2) is 88.4 Å². The predicted octanol–water partition coefficient (Wildman–Crippen LogP) is 3.81. The van der Waals surface area contributed by atoms with E-state index in [1.165, 1.54) is 11.1 Å². The van der Waals surface area contributed by atoms with Gasteiger partial charge in [-0.25, -0.2) is 0 Å². The monoisotopic (exact) mass is 516 g/mol. The Balaban J connectivity index is 1.10. The van der Waals surface area contributed by atoms with Gasteiger partial charge < -0.3 is 19.6 Å². The molecule has 0 unspecified atom stereocenters. The quantitative estimate of drug-likeness (QED) is 0.558. The number of piperazine rings is 1. The van der Waals surface area contributed by atoms with Crippen molar-refractivity contribution in [2.45, 2.75) is 59.3 Å². The molecule has 38 heavy (non-hydrogen) atoms.